The quantitative estimate of drug-likeness (QED) is 0.714. The second-order valence-corrected chi connectivity index (χ2v) is 2.72. The molecular formula is C10H12FN. The zero-order valence-corrected chi connectivity index (χ0v) is 7.05. The Morgan fingerprint density at radius 3 is 2.75 bits per heavy atom. The van der Waals surface area contributed by atoms with E-state index in [1.165, 1.54) is 6.07 Å². The predicted molar refractivity (Wildman–Crippen MR) is 49.1 cm³/mol. The lowest BCUT2D eigenvalue weighted by molar-refractivity contribution is 0.625. The van der Waals surface area contributed by atoms with Gasteiger partial charge in [0.05, 0.1) is 0 Å². The van der Waals surface area contributed by atoms with Crippen LogP contribution in [0, 0.1) is 5.82 Å². The van der Waals surface area contributed by atoms with Crippen molar-refractivity contribution >= 4 is 6.08 Å². The van der Waals surface area contributed by atoms with Crippen LogP contribution in [0.5, 0.6) is 0 Å². The number of benzene rings is 1. The number of halogens is 1. The van der Waals surface area contributed by atoms with Gasteiger partial charge in [0, 0.05) is 12.1 Å². The minimum absolute atomic E-state index is 0.203. The van der Waals surface area contributed by atoms with Crippen molar-refractivity contribution in [2.45, 2.75) is 6.92 Å². The molecule has 0 fully saturated rings. The smallest absolute Gasteiger partial charge is 0.130 e. The lowest BCUT2D eigenvalue weighted by Crippen LogP contribution is -1.99. The summed E-state index contributed by atoms with van der Waals surface area (Å²) in [7, 11) is 0. The Morgan fingerprint density at radius 2 is 2.17 bits per heavy atom. The van der Waals surface area contributed by atoms with Crippen LogP contribution in [0.25, 0.3) is 6.08 Å². The first-order valence-corrected chi connectivity index (χ1v) is 3.86. The molecule has 0 atom stereocenters. The van der Waals surface area contributed by atoms with Gasteiger partial charge in [0.15, 0.2) is 0 Å². The van der Waals surface area contributed by atoms with Crippen LogP contribution in [0.1, 0.15) is 12.5 Å². The Morgan fingerprint density at radius 1 is 1.50 bits per heavy atom. The van der Waals surface area contributed by atoms with Gasteiger partial charge in [-0.1, -0.05) is 29.8 Å². The fourth-order valence-corrected chi connectivity index (χ4v) is 0.917. The second kappa shape index (κ2) is 4.02. The monoisotopic (exact) mass is 165 g/mol. The molecule has 1 nitrogen and oxygen atoms in total. The molecule has 0 spiro atoms. The van der Waals surface area contributed by atoms with Gasteiger partial charge in [-0.05, 0) is 13.0 Å². The van der Waals surface area contributed by atoms with Crippen molar-refractivity contribution in [1.29, 1.82) is 0 Å². The summed E-state index contributed by atoms with van der Waals surface area (Å²) in [6.07, 6.45) is 1.76. The Labute approximate surface area is 71.7 Å². The van der Waals surface area contributed by atoms with E-state index < -0.39 is 0 Å². The summed E-state index contributed by atoms with van der Waals surface area (Å²) in [6, 6.07) is 6.65. The molecule has 2 N–H and O–H groups in total. The third-order valence-electron chi connectivity index (χ3n) is 1.63. The molecule has 2 heteroatoms. The Balaban J connectivity index is 2.96. The van der Waals surface area contributed by atoms with Crippen molar-refractivity contribution in [3.8, 4) is 0 Å². The Hall–Kier alpha value is -1.15. The topological polar surface area (TPSA) is 26.0 Å². The van der Waals surface area contributed by atoms with Gasteiger partial charge in [-0.15, -0.1) is 0 Å². The first-order valence-electron chi connectivity index (χ1n) is 3.86. The highest BCUT2D eigenvalue weighted by Crippen LogP contribution is 2.10. The first-order chi connectivity index (χ1) is 5.74. The summed E-state index contributed by atoms with van der Waals surface area (Å²) >= 11 is 0. The van der Waals surface area contributed by atoms with Crippen LogP contribution in [0.15, 0.2) is 29.8 Å². The number of nitrogens with two attached hydrogens (primary N) is 1. The SMILES string of the molecule is CC(=Cc1ccccc1F)CN. The lowest BCUT2D eigenvalue weighted by Gasteiger charge is -1.97. The number of hydrogen-bond donors (Lipinski definition) is 1. The summed E-state index contributed by atoms with van der Waals surface area (Å²) in [5.41, 5.74) is 6.95. The summed E-state index contributed by atoms with van der Waals surface area (Å²) in [5, 5.41) is 0. The molecule has 0 unspecified atom stereocenters. The molecule has 0 radical (unpaired) electrons. The van der Waals surface area contributed by atoms with E-state index in [1.54, 1.807) is 24.3 Å². The normalized spacial score (nSPS) is 11.8. The number of rotatable bonds is 2. The van der Waals surface area contributed by atoms with Gasteiger partial charge in [0.2, 0.25) is 0 Å². The molecule has 1 aromatic carbocycles. The summed E-state index contributed by atoms with van der Waals surface area (Å²) in [4.78, 5) is 0. The summed E-state index contributed by atoms with van der Waals surface area (Å²) in [6.45, 7) is 2.35. The molecule has 0 saturated carbocycles. The van der Waals surface area contributed by atoms with Crippen LogP contribution in [-0.2, 0) is 0 Å². The molecule has 12 heavy (non-hydrogen) atoms. The van der Waals surface area contributed by atoms with E-state index in [9.17, 15) is 4.39 Å². The Bertz CT molecular complexity index is 292. The maximum Gasteiger partial charge on any atom is 0.130 e. The van der Waals surface area contributed by atoms with Gasteiger partial charge in [-0.2, -0.15) is 0 Å². The highest BCUT2D eigenvalue weighted by molar-refractivity contribution is 5.53. The minimum Gasteiger partial charge on any atom is -0.327 e. The average molecular weight is 165 g/mol. The average Bonchev–Trinajstić information content (AvgIpc) is 2.09. The van der Waals surface area contributed by atoms with Gasteiger partial charge < -0.3 is 5.73 Å². The van der Waals surface area contributed by atoms with E-state index in [2.05, 4.69) is 0 Å². The van der Waals surface area contributed by atoms with E-state index in [-0.39, 0.29) is 5.82 Å². The van der Waals surface area contributed by atoms with Crippen LogP contribution in [0.4, 0.5) is 4.39 Å². The third kappa shape index (κ3) is 2.17. The summed E-state index contributed by atoms with van der Waals surface area (Å²) in [5.74, 6) is -0.203. The van der Waals surface area contributed by atoms with Gasteiger partial charge >= 0.3 is 0 Å². The molecule has 0 aliphatic heterocycles. The van der Waals surface area contributed by atoms with Gasteiger partial charge in [-0.3, -0.25) is 0 Å². The molecule has 0 aliphatic carbocycles. The molecule has 0 saturated heterocycles. The van der Waals surface area contributed by atoms with Crippen molar-refractivity contribution in [2.24, 2.45) is 5.73 Å². The largest absolute Gasteiger partial charge is 0.327 e. The maximum absolute atomic E-state index is 13.0. The van der Waals surface area contributed by atoms with Crippen LogP contribution in [-0.4, -0.2) is 6.54 Å². The lowest BCUT2D eigenvalue weighted by atomic mass is 10.1. The molecule has 0 amide bonds. The summed E-state index contributed by atoms with van der Waals surface area (Å²) < 4.78 is 13.0. The molecule has 64 valence electrons. The van der Waals surface area contributed by atoms with Crippen molar-refractivity contribution in [2.75, 3.05) is 6.54 Å². The minimum atomic E-state index is -0.203. The molecular weight excluding hydrogens is 153 g/mol. The van der Waals surface area contributed by atoms with Crippen LogP contribution in [0.3, 0.4) is 0 Å². The van der Waals surface area contributed by atoms with Crippen LogP contribution in [0.2, 0.25) is 0 Å². The fraction of sp³-hybridized carbons (Fsp3) is 0.200. The van der Waals surface area contributed by atoms with E-state index in [4.69, 9.17) is 5.73 Å². The standard InChI is InChI=1S/C10H12FN/c1-8(7-12)6-9-4-2-3-5-10(9)11/h2-6H,7,12H2,1H3. The van der Waals surface area contributed by atoms with Gasteiger partial charge in [0.1, 0.15) is 5.82 Å². The molecule has 1 aromatic rings. The highest BCUT2D eigenvalue weighted by atomic mass is 19.1. The van der Waals surface area contributed by atoms with E-state index in [0.717, 1.165) is 5.57 Å². The van der Waals surface area contributed by atoms with E-state index in [1.807, 2.05) is 6.92 Å². The zero-order valence-electron chi connectivity index (χ0n) is 7.05. The highest BCUT2D eigenvalue weighted by Gasteiger charge is 1.95. The molecule has 0 aromatic heterocycles. The van der Waals surface area contributed by atoms with Crippen LogP contribution >= 0.6 is 0 Å². The van der Waals surface area contributed by atoms with Gasteiger partial charge in [-0.25, -0.2) is 4.39 Å². The maximum atomic E-state index is 13.0. The molecule has 0 bridgehead atoms. The van der Waals surface area contributed by atoms with E-state index >= 15 is 0 Å². The van der Waals surface area contributed by atoms with Gasteiger partial charge in [0.25, 0.3) is 0 Å². The molecule has 0 heterocycles. The predicted octanol–water partition coefficient (Wildman–Crippen LogP) is 2.19. The molecule has 0 aliphatic rings. The van der Waals surface area contributed by atoms with Crippen molar-refractivity contribution in [3.63, 3.8) is 0 Å². The Kier molecular flexibility index (Phi) is 3.00. The second-order valence-electron chi connectivity index (χ2n) is 2.72. The number of hydrogen-bond acceptors (Lipinski definition) is 1. The fourth-order valence-electron chi connectivity index (χ4n) is 0.917. The molecule has 1 rings (SSSR count). The van der Waals surface area contributed by atoms with Crippen molar-refractivity contribution in [1.82, 2.24) is 0 Å². The third-order valence-corrected chi connectivity index (χ3v) is 1.63. The van der Waals surface area contributed by atoms with Crippen molar-refractivity contribution in [3.05, 3.63) is 41.2 Å². The first kappa shape index (κ1) is 8.94. The zero-order chi connectivity index (χ0) is 8.97. The van der Waals surface area contributed by atoms with E-state index in [0.29, 0.717) is 12.1 Å². The van der Waals surface area contributed by atoms with Crippen molar-refractivity contribution < 1.29 is 4.39 Å². The van der Waals surface area contributed by atoms with Crippen LogP contribution < -0.4 is 5.73 Å².